The molecule has 0 saturated carbocycles. The van der Waals surface area contributed by atoms with Gasteiger partial charge in [-0.05, 0) is 24.6 Å². The molecule has 4 nitrogen and oxygen atoms in total. The summed E-state index contributed by atoms with van der Waals surface area (Å²) in [6.45, 7) is 4.47. The molecule has 0 spiro atoms. The Bertz CT molecular complexity index is 372. The Morgan fingerprint density at radius 1 is 1.26 bits per heavy atom. The van der Waals surface area contributed by atoms with Gasteiger partial charge in [0.1, 0.15) is 5.75 Å². The number of benzene rings is 1. The van der Waals surface area contributed by atoms with Crippen LogP contribution in [0.4, 0.5) is 0 Å². The number of ether oxygens (including phenoxy) is 1. The molecule has 108 valence electrons. The highest BCUT2D eigenvalue weighted by Crippen LogP contribution is 2.18. The molecule has 0 aromatic heterocycles. The number of carbonyl (C=O) groups is 1. The van der Waals surface area contributed by atoms with Crippen LogP contribution in [0.25, 0.3) is 0 Å². The molecule has 1 aromatic rings. The van der Waals surface area contributed by atoms with E-state index in [1.54, 1.807) is 7.11 Å². The monoisotopic (exact) mass is 286 g/mol. The molecule has 0 fully saturated rings. The SMILES string of the molecule is CCNCCNC(=O)CCc1ccccc1OC.Cl. The van der Waals surface area contributed by atoms with Crippen molar-refractivity contribution in [3.05, 3.63) is 29.8 Å². The predicted molar refractivity (Wildman–Crippen MR) is 80.1 cm³/mol. The van der Waals surface area contributed by atoms with Crippen LogP contribution < -0.4 is 15.4 Å². The molecule has 5 heteroatoms. The van der Waals surface area contributed by atoms with Crippen molar-refractivity contribution in [3.63, 3.8) is 0 Å². The van der Waals surface area contributed by atoms with E-state index in [0.717, 1.165) is 24.4 Å². The largest absolute Gasteiger partial charge is 0.496 e. The van der Waals surface area contributed by atoms with Gasteiger partial charge in [-0.1, -0.05) is 25.1 Å². The molecule has 0 bridgehead atoms. The molecule has 0 unspecified atom stereocenters. The molecular formula is C14H23ClN2O2. The second kappa shape index (κ2) is 10.6. The minimum Gasteiger partial charge on any atom is -0.496 e. The first-order valence-corrected chi connectivity index (χ1v) is 6.37. The van der Waals surface area contributed by atoms with Crippen molar-refractivity contribution in [2.75, 3.05) is 26.7 Å². The van der Waals surface area contributed by atoms with Gasteiger partial charge in [0.05, 0.1) is 7.11 Å². The smallest absolute Gasteiger partial charge is 0.220 e. The van der Waals surface area contributed by atoms with E-state index in [4.69, 9.17) is 4.74 Å². The maximum atomic E-state index is 11.6. The lowest BCUT2D eigenvalue weighted by molar-refractivity contribution is -0.121. The molecule has 0 aliphatic carbocycles. The molecule has 2 N–H and O–H groups in total. The normalized spacial score (nSPS) is 9.58. The Labute approximate surface area is 121 Å². The number of hydrogen-bond donors (Lipinski definition) is 2. The molecule has 1 rings (SSSR count). The van der Waals surface area contributed by atoms with Gasteiger partial charge in [-0.3, -0.25) is 4.79 Å². The van der Waals surface area contributed by atoms with Crippen LogP contribution in [0.5, 0.6) is 5.75 Å². The lowest BCUT2D eigenvalue weighted by atomic mass is 10.1. The number of likely N-dealkylation sites (N-methyl/N-ethyl adjacent to an activating group) is 1. The fourth-order valence-electron chi connectivity index (χ4n) is 1.71. The van der Waals surface area contributed by atoms with Gasteiger partial charge in [0.15, 0.2) is 0 Å². The van der Waals surface area contributed by atoms with Crippen LogP contribution in [-0.4, -0.2) is 32.7 Å². The van der Waals surface area contributed by atoms with E-state index in [1.165, 1.54) is 0 Å². The van der Waals surface area contributed by atoms with Crippen LogP contribution in [0.2, 0.25) is 0 Å². The molecule has 0 radical (unpaired) electrons. The van der Waals surface area contributed by atoms with Gasteiger partial charge in [0.2, 0.25) is 5.91 Å². The van der Waals surface area contributed by atoms with Crippen LogP contribution in [0, 0.1) is 0 Å². The Balaban J connectivity index is 0.00000324. The van der Waals surface area contributed by atoms with Gasteiger partial charge in [-0.25, -0.2) is 0 Å². The molecule has 19 heavy (non-hydrogen) atoms. The van der Waals surface area contributed by atoms with Crippen molar-refractivity contribution in [2.45, 2.75) is 19.8 Å². The van der Waals surface area contributed by atoms with Gasteiger partial charge in [0, 0.05) is 19.5 Å². The summed E-state index contributed by atoms with van der Waals surface area (Å²) in [5.74, 6) is 0.928. The van der Waals surface area contributed by atoms with E-state index < -0.39 is 0 Å². The third kappa shape index (κ3) is 7.03. The first-order valence-electron chi connectivity index (χ1n) is 6.37. The van der Waals surface area contributed by atoms with Crippen LogP contribution >= 0.6 is 12.4 Å². The number of nitrogens with one attached hydrogen (secondary N) is 2. The second-order valence-electron chi connectivity index (χ2n) is 4.02. The van der Waals surface area contributed by atoms with Gasteiger partial charge >= 0.3 is 0 Å². The van der Waals surface area contributed by atoms with Crippen LogP contribution in [0.1, 0.15) is 18.9 Å². The quantitative estimate of drug-likeness (QED) is 0.716. The average Bonchev–Trinajstić information content (AvgIpc) is 2.41. The summed E-state index contributed by atoms with van der Waals surface area (Å²) in [5, 5.41) is 6.04. The van der Waals surface area contributed by atoms with E-state index >= 15 is 0 Å². The Morgan fingerprint density at radius 2 is 2.00 bits per heavy atom. The number of methoxy groups -OCH3 is 1. The Morgan fingerprint density at radius 3 is 2.68 bits per heavy atom. The number of halogens is 1. The summed E-state index contributed by atoms with van der Waals surface area (Å²) in [6, 6.07) is 7.79. The summed E-state index contributed by atoms with van der Waals surface area (Å²) in [6.07, 6.45) is 1.20. The van der Waals surface area contributed by atoms with Crippen molar-refractivity contribution in [1.82, 2.24) is 10.6 Å². The maximum Gasteiger partial charge on any atom is 0.220 e. The third-order valence-electron chi connectivity index (χ3n) is 2.69. The fraction of sp³-hybridized carbons (Fsp3) is 0.500. The maximum absolute atomic E-state index is 11.6. The molecule has 1 aromatic carbocycles. The van der Waals surface area contributed by atoms with E-state index in [-0.39, 0.29) is 18.3 Å². The van der Waals surface area contributed by atoms with E-state index in [9.17, 15) is 4.79 Å². The minimum absolute atomic E-state index is 0. The number of para-hydroxylation sites is 1. The fourth-order valence-corrected chi connectivity index (χ4v) is 1.71. The zero-order valence-corrected chi connectivity index (χ0v) is 12.4. The van der Waals surface area contributed by atoms with Gasteiger partial charge < -0.3 is 15.4 Å². The third-order valence-corrected chi connectivity index (χ3v) is 2.69. The highest BCUT2D eigenvalue weighted by atomic mass is 35.5. The molecule has 0 heterocycles. The topological polar surface area (TPSA) is 50.4 Å². The van der Waals surface area contributed by atoms with E-state index in [1.807, 2.05) is 31.2 Å². The second-order valence-corrected chi connectivity index (χ2v) is 4.02. The van der Waals surface area contributed by atoms with Crippen molar-refractivity contribution in [1.29, 1.82) is 0 Å². The molecular weight excluding hydrogens is 264 g/mol. The predicted octanol–water partition coefficient (Wildman–Crippen LogP) is 1.78. The molecule has 0 saturated heterocycles. The average molecular weight is 287 g/mol. The highest BCUT2D eigenvalue weighted by Gasteiger charge is 2.05. The number of hydrogen-bond acceptors (Lipinski definition) is 3. The number of rotatable bonds is 8. The van der Waals surface area contributed by atoms with Gasteiger partial charge in [-0.15, -0.1) is 12.4 Å². The lowest BCUT2D eigenvalue weighted by Gasteiger charge is -2.08. The molecule has 1 amide bonds. The lowest BCUT2D eigenvalue weighted by Crippen LogP contribution is -2.31. The minimum atomic E-state index is 0. The van der Waals surface area contributed by atoms with E-state index in [0.29, 0.717) is 19.4 Å². The summed E-state index contributed by atoms with van der Waals surface area (Å²) in [7, 11) is 1.65. The first kappa shape index (κ1) is 17.7. The summed E-state index contributed by atoms with van der Waals surface area (Å²) < 4.78 is 5.25. The Kier molecular flexibility index (Phi) is 9.94. The van der Waals surface area contributed by atoms with Crippen LogP contribution in [0.3, 0.4) is 0 Å². The van der Waals surface area contributed by atoms with Crippen molar-refractivity contribution < 1.29 is 9.53 Å². The first-order chi connectivity index (χ1) is 8.77. The van der Waals surface area contributed by atoms with Crippen molar-refractivity contribution in [2.24, 2.45) is 0 Å². The van der Waals surface area contributed by atoms with E-state index in [2.05, 4.69) is 10.6 Å². The summed E-state index contributed by atoms with van der Waals surface area (Å²) >= 11 is 0. The summed E-state index contributed by atoms with van der Waals surface area (Å²) in [4.78, 5) is 11.6. The summed E-state index contributed by atoms with van der Waals surface area (Å²) in [5.41, 5.74) is 1.07. The number of aryl methyl sites for hydroxylation is 1. The molecule has 0 atom stereocenters. The Hall–Kier alpha value is -1.26. The number of amides is 1. The van der Waals surface area contributed by atoms with Crippen molar-refractivity contribution in [3.8, 4) is 5.75 Å². The standard InChI is InChI=1S/C14H22N2O2.ClH/c1-3-15-10-11-16-14(17)9-8-12-6-4-5-7-13(12)18-2;/h4-7,15H,3,8-11H2,1-2H3,(H,16,17);1H. The van der Waals surface area contributed by atoms with Crippen LogP contribution in [0.15, 0.2) is 24.3 Å². The van der Waals surface area contributed by atoms with Gasteiger partial charge in [0.25, 0.3) is 0 Å². The zero-order valence-electron chi connectivity index (χ0n) is 11.6. The molecule has 0 aliphatic rings. The zero-order chi connectivity index (χ0) is 13.2. The number of carbonyl (C=O) groups excluding carboxylic acids is 1. The highest BCUT2D eigenvalue weighted by molar-refractivity contribution is 5.85. The molecule has 0 aliphatic heterocycles. The van der Waals surface area contributed by atoms with Crippen molar-refractivity contribution >= 4 is 18.3 Å². The van der Waals surface area contributed by atoms with Gasteiger partial charge in [-0.2, -0.15) is 0 Å². The van der Waals surface area contributed by atoms with Crippen LogP contribution in [-0.2, 0) is 11.2 Å².